The van der Waals surface area contributed by atoms with Crippen molar-refractivity contribution in [3.8, 4) is 0 Å². The number of phosphoric acid groups is 1. The summed E-state index contributed by atoms with van der Waals surface area (Å²) >= 11 is 0. The molecule has 0 radical (unpaired) electrons. The first-order valence-corrected chi connectivity index (χ1v) is 25.7. The molecule has 3 unspecified atom stereocenters. The molecule has 0 aliphatic heterocycles. The van der Waals surface area contributed by atoms with E-state index in [1.807, 2.05) is 27.2 Å². The molecule has 0 aliphatic rings. The molecular formula is C48H95N2O6P. The molecule has 9 heteroatoms. The van der Waals surface area contributed by atoms with Crippen LogP contribution in [0, 0.1) is 0 Å². The zero-order chi connectivity index (χ0) is 42.1. The molecule has 0 saturated heterocycles. The number of hydrogen-bond acceptors (Lipinski definition) is 6. The van der Waals surface area contributed by atoms with Gasteiger partial charge in [0.2, 0.25) is 5.91 Å². The van der Waals surface area contributed by atoms with Crippen LogP contribution in [-0.2, 0) is 18.4 Å². The molecule has 0 aromatic heterocycles. The molecule has 0 fully saturated rings. The summed E-state index contributed by atoms with van der Waals surface area (Å²) < 4.78 is 23.2. The minimum Gasteiger partial charge on any atom is -0.756 e. The van der Waals surface area contributed by atoms with Crippen LogP contribution in [-0.4, -0.2) is 68.5 Å². The lowest BCUT2D eigenvalue weighted by Crippen LogP contribution is -2.45. The average molecular weight is 827 g/mol. The Balaban J connectivity index is 4.23. The predicted octanol–water partition coefficient (Wildman–Crippen LogP) is 13.1. The molecule has 0 heterocycles. The molecule has 0 aromatic carbocycles. The number of carbonyl (C=O) groups excluding carboxylic acids is 1. The van der Waals surface area contributed by atoms with E-state index >= 15 is 0 Å². The maximum Gasteiger partial charge on any atom is 0.268 e. The van der Waals surface area contributed by atoms with E-state index in [0.29, 0.717) is 17.4 Å². The van der Waals surface area contributed by atoms with Crippen LogP contribution in [0.15, 0.2) is 24.3 Å². The first kappa shape index (κ1) is 56.0. The van der Waals surface area contributed by atoms with Gasteiger partial charge in [-0.1, -0.05) is 199 Å². The molecule has 0 aliphatic carbocycles. The summed E-state index contributed by atoms with van der Waals surface area (Å²) in [7, 11) is 1.26. The molecular weight excluding hydrogens is 732 g/mol. The van der Waals surface area contributed by atoms with E-state index in [4.69, 9.17) is 9.05 Å². The van der Waals surface area contributed by atoms with Crippen molar-refractivity contribution in [2.75, 3.05) is 40.9 Å². The Morgan fingerprint density at radius 1 is 0.596 bits per heavy atom. The number of phosphoric ester groups is 1. The fourth-order valence-corrected chi connectivity index (χ4v) is 7.75. The quantitative estimate of drug-likeness (QED) is 0.0274. The molecule has 3 atom stereocenters. The third-order valence-electron chi connectivity index (χ3n) is 10.9. The summed E-state index contributed by atoms with van der Waals surface area (Å²) in [5, 5.41) is 13.8. The number of hydrogen-bond donors (Lipinski definition) is 2. The van der Waals surface area contributed by atoms with Crippen molar-refractivity contribution >= 4 is 13.7 Å². The summed E-state index contributed by atoms with van der Waals surface area (Å²) in [6.45, 7) is 4.65. The van der Waals surface area contributed by atoms with Crippen LogP contribution in [0.3, 0.4) is 0 Å². The fourth-order valence-electron chi connectivity index (χ4n) is 7.03. The van der Waals surface area contributed by atoms with Crippen molar-refractivity contribution in [1.29, 1.82) is 0 Å². The Bertz CT molecular complexity index is 984. The van der Waals surface area contributed by atoms with Gasteiger partial charge >= 0.3 is 0 Å². The van der Waals surface area contributed by atoms with Gasteiger partial charge in [0, 0.05) is 6.42 Å². The highest BCUT2D eigenvalue weighted by atomic mass is 31.2. The van der Waals surface area contributed by atoms with Gasteiger partial charge in [0.25, 0.3) is 7.82 Å². The smallest absolute Gasteiger partial charge is 0.268 e. The predicted molar refractivity (Wildman–Crippen MR) is 242 cm³/mol. The summed E-state index contributed by atoms with van der Waals surface area (Å²) in [5.41, 5.74) is 0. The fraction of sp³-hybridized carbons (Fsp3) is 0.896. The lowest BCUT2D eigenvalue weighted by atomic mass is 10.0. The second-order valence-electron chi connectivity index (χ2n) is 17.8. The van der Waals surface area contributed by atoms with Crippen LogP contribution in [0.25, 0.3) is 0 Å². The minimum atomic E-state index is -4.58. The summed E-state index contributed by atoms with van der Waals surface area (Å²) in [5.74, 6) is -0.198. The van der Waals surface area contributed by atoms with Crippen LogP contribution in [0.4, 0.5) is 0 Å². The van der Waals surface area contributed by atoms with E-state index in [0.717, 1.165) is 38.5 Å². The Morgan fingerprint density at radius 2 is 0.965 bits per heavy atom. The second kappa shape index (κ2) is 40.4. The van der Waals surface area contributed by atoms with Gasteiger partial charge in [-0.25, -0.2) is 0 Å². The molecule has 1 amide bonds. The maximum atomic E-state index is 12.9. The largest absolute Gasteiger partial charge is 0.756 e. The van der Waals surface area contributed by atoms with E-state index in [9.17, 15) is 19.4 Å². The zero-order valence-electron chi connectivity index (χ0n) is 38.3. The summed E-state index contributed by atoms with van der Waals surface area (Å²) in [4.78, 5) is 25.3. The second-order valence-corrected chi connectivity index (χ2v) is 19.2. The number of quaternary nitrogens is 1. The van der Waals surface area contributed by atoms with Crippen molar-refractivity contribution in [2.45, 2.75) is 238 Å². The molecule has 57 heavy (non-hydrogen) atoms. The van der Waals surface area contributed by atoms with Crippen molar-refractivity contribution in [1.82, 2.24) is 5.32 Å². The van der Waals surface area contributed by atoms with Crippen LogP contribution < -0.4 is 10.2 Å². The third-order valence-corrected chi connectivity index (χ3v) is 11.9. The van der Waals surface area contributed by atoms with Crippen LogP contribution in [0.5, 0.6) is 0 Å². The van der Waals surface area contributed by atoms with Gasteiger partial charge in [0.1, 0.15) is 13.2 Å². The standard InChI is InChI=1S/C48H95N2O6P/c1-6-8-10-12-14-16-18-20-21-22-23-24-25-26-27-28-29-30-32-34-36-38-40-42-48(52)49-46(45-56-57(53,54)55-44-43-50(3,4)5)47(51)41-39-37-35-33-31-19-17-15-13-11-9-7-2/h22-23,39,41,46-47,51H,6-21,24-38,40,42-45H2,1-5H3,(H-,49,52,53,54)/b23-22-,41-39+. The monoisotopic (exact) mass is 827 g/mol. The van der Waals surface area contributed by atoms with Crippen molar-refractivity contribution in [3.05, 3.63) is 24.3 Å². The third kappa shape index (κ3) is 42.9. The Morgan fingerprint density at radius 3 is 1.37 bits per heavy atom. The molecule has 2 N–H and O–H groups in total. The van der Waals surface area contributed by atoms with E-state index in [1.54, 1.807) is 6.08 Å². The highest BCUT2D eigenvalue weighted by molar-refractivity contribution is 7.45. The molecule has 0 bridgehead atoms. The number of likely N-dealkylation sites (N-methyl/N-ethyl adjacent to an activating group) is 1. The van der Waals surface area contributed by atoms with Gasteiger partial charge in [-0.3, -0.25) is 9.36 Å². The Kier molecular flexibility index (Phi) is 39.7. The number of nitrogens with zero attached hydrogens (tertiary/aromatic N) is 1. The van der Waals surface area contributed by atoms with Gasteiger partial charge in [0.05, 0.1) is 39.9 Å². The molecule has 0 aromatic rings. The molecule has 0 saturated carbocycles. The van der Waals surface area contributed by atoms with Gasteiger partial charge < -0.3 is 28.8 Å². The number of amides is 1. The SMILES string of the molecule is CCCCCCCCCC/C=C\CCCCCCCCCCCCCC(=O)NC(COP(=O)([O-])OCC[N+](C)(C)C)C(O)/C=C/CCCCCCCCCCCC. The first-order chi connectivity index (χ1) is 27.5. The van der Waals surface area contributed by atoms with Gasteiger partial charge in [-0.05, 0) is 44.9 Å². The first-order valence-electron chi connectivity index (χ1n) is 24.2. The number of rotatable bonds is 44. The molecule has 338 valence electrons. The zero-order valence-corrected chi connectivity index (χ0v) is 39.2. The highest BCUT2D eigenvalue weighted by Crippen LogP contribution is 2.38. The molecule has 8 nitrogen and oxygen atoms in total. The van der Waals surface area contributed by atoms with Crippen LogP contribution in [0.1, 0.15) is 226 Å². The number of carbonyl (C=O) groups is 1. The summed E-state index contributed by atoms with van der Waals surface area (Å²) in [6.07, 6.45) is 48.0. The van der Waals surface area contributed by atoms with Gasteiger partial charge in [0.15, 0.2) is 0 Å². The average Bonchev–Trinajstić information content (AvgIpc) is 3.16. The normalized spacial score (nSPS) is 14.4. The van der Waals surface area contributed by atoms with Gasteiger partial charge in [-0.2, -0.15) is 0 Å². The lowest BCUT2D eigenvalue weighted by Gasteiger charge is -2.29. The highest BCUT2D eigenvalue weighted by Gasteiger charge is 2.23. The van der Waals surface area contributed by atoms with E-state index in [1.165, 1.54) is 167 Å². The molecule has 0 spiro atoms. The van der Waals surface area contributed by atoms with E-state index in [2.05, 4.69) is 31.3 Å². The van der Waals surface area contributed by atoms with Crippen molar-refractivity contribution in [3.63, 3.8) is 0 Å². The van der Waals surface area contributed by atoms with E-state index < -0.39 is 20.0 Å². The van der Waals surface area contributed by atoms with Crippen molar-refractivity contribution in [2.24, 2.45) is 0 Å². The Labute approximate surface area is 354 Å². The minimum absolute atomic E-state index is 0.000159. The van der Waals surface area contributed by atoms with E-state index in [-0.39, 0.29) is 19.1 Å². The van der Waals surface area contributed by atoms with Crippen LogP contribution in [0.2, 0.25) is 0 Å². The Hall–Kier alpha value is -1.02. The maximum absolute atomic E-state index is 12.9. The topological polar surface area (TPSA) is 108 Å². The van der Waals surface area contributed by atoms with Crippen molar-refractivity contribution < 1.29 is 32.9 Å². The van der Waals surface area contributed by atoms with Gasteiger partial charge in [-0.15, -0.1) is 0 Å². The summed E-state index contributed by atoms with van der Waals surface area (Å²) in [6, 6.07) is -0.883. The number of allylic oxidation sites excluding steroid dienone is 3. The number of aliphatic hydroxyl groups excluding tert-OH is 1. The number of nitrogens with one attached hydrogen (secondary N) is 1. The number of aliphatic hydroxyl groups is 1. The van der Waals surface area contributed by atoms with Crippen LogP contribution >= 0.6 is 7.82 Å². The molecule has 0 rings (SSSR count). The number of unbranched alkanes of at least 4 members (excludes halogenated alkanes) is 29. The lowest BCUT2D eigenvalue weighted by molar-refractivity contribution is -0.870.